The van der Waals surface area contributed by atoms with Gasteiger partial charge in [-0.25, -0.2) is 9.18 Å². The van der Waals surface area contributed by atoms with E-state index in [2.05, 4.69) is 39.2 Å². The first-order valence-corrected chi connectivity index (χ1v) is 10.4. The van der Waals surface area contributed by atoms with Crippen LogP contribution >= 0.6 is 0 Å². The van der Waals surface area contributed by atoms with Crippen LogP contribution in [0.1, 0.15) is 27.2 Å². The minimum Gasteiger partial charge on any atom is -0.465 e. The van der Waals surface area contributed by atoms with Gasteiger partial charge in [0.05, 0.1) is 6.04 Å². The van der Waals surface area contributed by atoms with E-state index in [0.29, 0.717) is 26.1 Å². The number of alkyl halides is 1. The lowest BCUT2D eigenvalue weighted by molar-refractivity contribution is 0.0878. The molecule has 0 saturated carbocycles. The molecule has 0 bridgehead atoms. The molecule has 2 N–H and O–H groups in total. The fraction of sp³-hybridized carbons (Fsp3) is 0.929. The highest BCUT2D eigenvalue weighted by Crippen LogP contribution is 2.36. The second kappa shape index (κ2) is 7.06. The summed E-state index contributed by atoms with van der Waals surface area (Å²) in [6, 6.07) is -0.583. The van der Waals surface area contributed by atoms with Gasteiger partial charge in [-0.3, -0.25) is 4.90 Å². The van der Waals surface area contributed by atoms with Crippen LogP contribution in [0, 0.1) is 0 Å². The topological polar surface area (TPSA) is 61.8 Å². The number of halogens is 1. The van der Waals surface area contributed by atoms with Crippen molar-refractivity contribution >= 4 is 14.4 Å². The Labute approximate surface area is 128 Å². The fourth-order valence-electron chi connectivity index (χ4n) is 2.14. The molecule has 0 aromatic carbocycles. The largest absolute Gasteiger partial charge is 0.465 e. The van der Waals surface area contributed by atoms with Crippen LogP contribution in [0.5, 0.6) is 0 Å². The number of hydrogen-bond acceptors (Lipinski definition) is 3. The van der Waals surface area contributed by atoms with E-state index >= 15 is 0 Å². The summed E-state index contributed by atoms with van der Waals surface area (Å²) in [4.78, 5) is 12.6. The van der Waals surface area contributed by atoms with E-state index < -0.39 is 26.6 Å². The molecule has 7 heteroatoms. The van der Waals surface area contributed by atoms with Crippen molar-refractivity contribution in [1.29, 1.82) is 0 Å². The van der Waals surface area contributed by atoms with Crippen molar-refractivity contribution in [1.82, 2.24) is 10.2 Å². The molecule has 0 aromatic rings. The maximum atomic E-state index is 13.9. The summed E-state index contributed by atoms with van der Waals surface area (Å²) < 4.78 is 20.0. The zero-order valence-corrected chi connectivity index (χ0v) is 14.8. The summed E-state index contributed by atoms with van der Waals surface area (Å²) in [5, 5.41) is 11.1. The Hall–Kier alpha value is -0.663. The van der Waals surface area contributed by atoms with E-state index in [9.17, 15) is 9.18 Å². The monoisotopic (exact) mass is 320 g/mol. The number of carbonyl (C=O) groups is 1. The standard InChI is InChI=1S/C14H29FN2O3Si/c1-14(2,3)21(4,5)20-9-8-17-7-6-12(11(15)10-17)16-13(18)19/h11-12,16H,6-10H2,1-5H3,(H,18,19)/t11-,12+/m0/s1. The molecule has 0 spiro atoms. The second-order valence-corrected chi connectivity index (χ2v) is 12.1. The summed E-state index contributed by atoms with van der Waals surface area (Å²) in [7, 11) is -1.75. The van der Waals surface area contributed by atoms with Gasteiger partial charge >= 0.3 is 6.09 Å². The van der Waals surface area contributed by atoms with Crippen LogP contribution in [0.3, 0.4) is 0 Å². The number of carboxylic acid groups (broad SMARTS) is 1. The molecule has 124 valence electrons. The second-order valence-electron chi connectivity index (χ2n) is 7.27. The van der Waals surface area contributed by atoms with Gasteiger partial charge in [0.15, 0.2) is 8.32 Å². The van der Waals surface area contributed by atoms with Gasteiger partial charge in [-0.15, -0.1) is 0 Å². The Balaban J connectivity index is 2.34. The molecule has 0 unspecified atom stereocenters. The average Bonchev–Trinajstić information content (AvgIpc) is 2.30. The first-order valence-electron chi connectivity index (χ1n) is 7.53. The minimum atomic E-state index is -1.75. The lowest BCUT2D eigenvalue weighted by Gasteiger charge is -2.38. The molecule has 1 fully saturated rings. The zero-order chi connectivity index (χ0) is 16.3. The SMILES string of the molecule is CC(C)(C)[Si](C)(C)OCCN1CC[C@@H](NC(=O)O)[C@@H](F)C1. The van der Waals surface area contributed by atoms with Crippen LogP contribution in [-0.4, -0.2) is 62.9 Å². The Morgan fingerprint density at radius 3 is 2.57 bits per heavy atom. The highest BCUT2D eigenvalue weighted by atomic mass is 28.4. The summed E-state index contributed by atoms with van der Waals surface area (Å²) >= 11 is 0. The number of rotatable bonds is 5. The predicted octanol–water partition coefficient (Wildman–Crippen LogP) is 2.69. The number of hydrogen-bond donors (Lipinski definition) is 2. The van der Waals surface area contributed by atoms with E-state index in [1.165, 1.54) is 0 Å². The third-order valence-electron chi connectivity index (χ3n) is 4.61. The Bertz CT molecular complexity index is 361. The van der Waals surface area contributed by atoms with E-state index in [0.717, 1.165) is 0 Å². The molecular formula is C14H29FN2O3Si. The summed E-state index contributed by atoms with van der Waals surface area (Å²) in [6.07, 6.45) is -1.80. The highest BCUT2D eigenvalue weighted by Gasteiger charge is 2.37. The molecule has 21 heavy (non-hydrogen) atoms. The van der Waals surface area contributed by atoms with Crippen molar-refractivity contribution in [3.63, 3.8) is 0 Å². The molecule has 1 heterocycles. The summed E-state index contributed by atoms with van der Waals surface area (Å²) in [5.41, 5.74) is 0. The highest BCUT2D eigenvalue weighted by molar-refractivity contribution is 6.74. The van der Waals surface area contributed by atoms with Crippen molar-refractivity contribution in [2.75, 3.05) is 26.2 Å². The van der Waals surface area contributed by atoms with Crippen LogP contribution in [-0.2, 0) is 4.43 Å². The minimum absolute atomic E-state index is 0.175. The van der Waals surface area contributed by atoms with Crippen LogP contribution in [0.25, 0.3) is 0 Å². The van der Waals surface area contributed by atoms with Crippen LogP contribution in [0.2, 0.25) is 18.1 Å². The molecule has 5 nitrogen and oxygen atoms in total. The van der Waals surface area contributed by atoms with Gasteiger partial charge < -0.3 is 14.8 Å². The number of nitrogens with one attached hydrogen (secondary N) is 1. The zero-order valence-electron chi connectivity index (χ0n) is 13.8. The molecule has 1 aliphatic rings. The first-order chi connectivity index (χ1) is 9.53. The number of amides is 1. The van der Waals surface area contributed by atoms with Gasteiger partial charge in [-0.1, -0.05) is 20.8 Å². The van der Waals surface area contributed by atoms with Crippen molar-refractivity contribution in [2.24, 2.45) is 0 Å². The Morgan fingerprint density at radius 2 is 2.10 bits per heavy atom. The molecule has 2 atom stereocenters. The number of piperidine rings is 1. The van der Waals surface area contributed by atoms with Gasteiger partial charge in [-0.2, -0.15) is 0 Å². The van der Waals surface area contributed by atoms with Gasteiger partial charge in [0, 0.05) is 26.2 Å². The molecule has 1 aliphatic heterocycles. The van der Waals surface area contributed by atoms with E-state index in [4.69, 9.17) is 9.53 Å². The normalized spacial score (nSPS) is 24.9. The van der Waals surface area contributed by atoms with Gasteiger partial charge in [0.25, 0.3) is 0 Å². The van der Waals surface area contributed by atoms with Gasteiger partial charge in [-0.05, 0) is 24.6 Å². The van der Waals surface area contributed by atoms with Crippen molar-refractivity contribution in [3.8, 4) is 0 Å². The van der Waals surface area contributed by atoms with Crippen molar-refractivity contribution in [3.05, 3.63) is 0 Å². The fourth-order valence-corrected chi connectivity index (χ4v) is 3.17. The van der Waals surface area contributed by atoms with Crippen molar-refractivity contribution < 1.29 is 18.7 Å². The van der Waals surface area contributed by atoms with Crippen LogP contribution in [0.15, 0.2) is 0 Å². The molecular weight excluding hydrogens is 291 g/mol. The molecule has 1 rings (SSSR count). The van der Waals surface area contributed by atoms with Crippen molar-refractivity contribution in [2.45, 2.75) is 57.5 Å². The molecule has 1 saturated heterocycles. The van der Waals surface area contributed by atoms with Crippen LogP contribution < -0.4 is 5.32 Å². The van der Waals surface area contributed by atoms with E-state index in [-0.39, 0.29) is 11.6 Å². The smallest absolute Gasteiger partial charge is 0.404 e. The maximum absolute atomic E-state index is 13.9. The van der Waals surface area contributed by atoms with Gasteiger partial charge in [0.1, 0.15) is 6.17 Å². The molecule has 0 aromatic heterocycles. The van der Waals surface area contributed by atoms with Gasteiger partial charge in [0.2, 0.25) is 0 Å². The third kappa shape index (κ3) is 5.56. The van der Waals surface area contributed by atoms with E-state index in [1.807, 2.05) is 4.90 Å². The predicted molar refractivity (Wildman–Crippen MR) is 84.1 cm³/mol. The quantitative estimate of drug-likeness (QED) is 0.765. The Morgan fingerprint density at radius 1 is 1.48 bits per heavy atom. The average molecular weight is 320 g/mol. The Kier molecular flexibility index (Phi) is 6.19. The maximum Gasteiger partial charge on any atom is 0.404 e. The lowest BCUT2D eigenvalue weighted by Crippen LogP contribution is -2.53. The van der Waals surface area contributed by atoms with E-state index in [1.54, 1.807) is 0 Å². The third-order valence-corrected chi connectivity index (χ3v) is 9.15. The molecule has 1 amide bonds. The summed E-state index contributed by atoms with van der Waals surface area (Å²) in [5.74, 6) is 0. The lowest BCUT2D eigenvalue weighted by atomic mass is 10.0. The number of nitrogens with zero attached hydrogens (tertiary/aromatic N) is 1. The first kappa shape index (κ1) is 18.4. The van der Waals surface area contributed by atoms with Crippen LogP contribution in [0.4, 0.5) is 9.18 Å². The number of likely N-dealkylation sites (tertiary alicyclic amines) is 1. The summed E-state index contributed by atoms with van der Waals surface area (Å²) in [6.45, 7) is 13.3. The molecule has 0 aliphatic carbocycles. The molecule has 0 radical (unpaired) electrons.